The molecule has 0 spiro atoms. The zero-order valence-corrected chi connectivity index (χ0v) is 18.5. The van der Waals surface area contributed by atoms with E-state index in [1.54, 1.807) is 54.6 Å². The highest BCUT2D eigenvalue weighted by atomic mass is 35.5. The number of carbonyl (C=O) groups excluding carboxylic acids is 1. The fourth-order valence-corrected chi connectivity index (χ4v) is 4.50. The Balaban J connectivity index is 1.95. The summed E-state index contributed by atoms with van der Waals surface area (Å²) < 4.78 is 38.1. The van der Waals surface area contributed by atoms with Gasteiger partial charge in [0.2, 0.25) is 5.91 Å². The maximum atomic E-state index is 13.3. The number of carbonyl (C=O) groups is 1. The summed E-state index contributed by atoms with van der Waals surface area (Å²) in [5.74, 6) is 0.407. The van der Waals surface area contributed by atoms with Crippen molar-refractivity contribution >= 4 is 38.9 Å². The number of methoxy groups -OCH3 is 2. The van der Waals surface area contributed by atoms with E-state index in [0.29, 0.717) is 27.9 Å². The molecule has 0 atom stereocenters. The summed E-state index contributed by atoms with van der Waals surface area (Å²) in [6.45, 7) is -0.459. The second kappa shape index (κ2) is 9.72. The Morgan fingerprint density at radius 2 is 1.65 bits per heavy atom. The zero-order valence-electron chi connectivity index (χ0n) is 16.9. The Labute approximate surface area is 186 Å². The predicted octanol–water partition coefficient (Wildman–Crippen LogP) is 4.19. The van der Waals surface area contributed by atoms with Crippen LogP contribution >= 0.6 is 11.6 Å². The number of hydrogen-bond acceptors (Lipinski definition) is 5. The van der Waals surface area contributed by atoms with Crippen molar-refractivity contribution in [2.75, 3.05) is 30.4 Å². The van der Waals surface area contributed by atoms with E-state index in [2.05, 4.69) is 5.32 Å². The normalized spacial score (nSPS) is 10.9. The van der Waals surface area contributed by atoms with E-state index >= 15 is 0 Å². The molecule has 162 valence electrons. The number of amides is 1. The van der Waals surface area contributed by atoms with Crippen LogP contribution in [0.3, 0.4) is 0 Å². The highest BCUT2D eigenvalue weighted by Crippen LogP contribution is 2.29. The average molecular weight is 461 g/mol. The first-order valence-corrected chi connectivity index (χ1v) is 11.0. The highest BCUT2D eigenvalue weighted by Gasteiger charge is 2.27. The molecule has 0 heterocycles. The van der Waals surface area contributed by atoms with Crippen LogP contribution in [0.25, 0.3) is 0 Å². The van der Waals surface area contributed by atoms with Crippen LogP contribution in [0.1, 0.15) is 0 Å². The quantitative estimate of drug-likeness (QED) is 0.544. The second-order valence-electron chi connectivity index (χ2n) is 6.42. The first-order valence-electron chi connectivity index (χ1n) is 9.20. The lowest BCUT2D eigenvalue weighted by atomic mass is 10.3. The summed E-state index contributed by atoms with van der Waals surface area (Å²) in [4.78, 5) is 12.9. The summed E-state index contributed by atoms with van der Waals surface area (Å²) in [6.07, 6.45) is 0. The number of anilines is 2. The fourth-order valence-electron chi connectivity index (χ4n) is 2.88. The monoisotopic (exact) mass is 460 g/mol. The molecule has 0 unspecified atom stereocenters. The average Bonchev–Trinajstić information content (AvgIpc) is 2.78. The molecule has 0 aliphatic rings. The Kier molecular flexibility index (Phi) is 7.04. The van der Waals surface area contributed by atoms with Gasteiger partial charge in [0.25, 0.3) is 10.0 Å². The number of nitrogens with one attached hydrogen (secondary N) is 1. The van der Waals surface area contributed by atoms with Crippen molar-refractivity contribution in [2.45, 2.75) is 4.90 Å². The van der Waals surface area contributed by atoms with Gasteiger partial charge in [0.05, 0.1) is 30.5 Å². The molecule has 3 aromatic carbocycles. The minimum absolute atomic E-state index is 0.0685. The van der Waals surface area contributed by atoms with Crippen LogP contribution in [0.2, 0.25) is 5.02 Å². The number of benzene rings is 3. The molecule has 3 aromatic rings. The molecule has 0 aromatic heterocycles. The van der Waals surface area contributed by atoms with E-state index in [-0.39, 0.29) is 4.90 Å². The van der Waals surface area contributed by atoms with Gasteiger partial charge in [0, 0.05) is 5.02 Å². The molecule has 3 rings (SSSR count). The third-order valence-electron chi connectivity index (χ3n) is 4.41. The van der Waals surface area contributed by atoms with Crippen LogP contribution in [0, 0.1) is 0 Å². The van der Waals surface area contributed by atoms with Gasteiger partial charge >= 0.3 is 0 Å². The third kappa shape index (κ3) is 5.28. The van der Waals surface area contributed by atoms with Crippen LogP contribution < -0.4 is 19.1 Å². The molecule has 0 saturated heterocycles. The molecule has 7 nitrogen and oxygen atoms in total. The zero-order chi connectivity index (χ0) is 22.4. The summed E-state index contributed by atoms with van der Waals surface area (Å²) in [5, 5.41) is 3.07. The van der Waals surface area contributed by atoms with E-state index in [4.69, 9.17) is 21.1 Å². The van der Waals surface area contributed by atoms with Gasteiger partial charge in [-0.25, -0.2) is 8.42 Å². The largest absolute Gasteiger partial charge is 0.497 e. The van der Waals surface area contributed by atoms with Gasteiger partial charge in [-0.2, -0.15) is 0 Å². The van der Waals surface area contributed by atoms with Crippen LogP contribution in [0.15, 0.2) is 77.7 Å². The number of sulfonamides is 1. The standard InChI is InChI=1S/C22H21ClN2O5S/c1-29-18-11-9-17(10-12-18)25(31(27,28)19-6-4-3-5-7-19)15-22(26)24-20-14-16(23)8-13-21(20)30-2/h3-14H,15H2,1-2H3,(H,24,26). The molecule has 0 saturated carbocycles. The molecular weight excluding hydrogens is 440 g/mol. The molecule has 1 amide bonds. The topological polar surface area (TPSA) is 84.9 Å². The van der Waals surface area contributed by atoms with E-state index in [9.17, 15) is 13.2 Å². The molecule has 0 fully saturated rings. The van der Waals surface area contributed by atoms with Gasteiger partial charge in [-0.15, -0.1) is 0 Å². The van der Waals surface area contributed by atoms with Crippen LogP contribution in [-0.4, -0.2) is 35.1 Å². The van der Waals surface area contributed by atoms with Crippen molar-refractivity contribution in [3.63, 3.8) is 0 Å². The molecule has 1 N–H and O–H groups in total. The highest BCUT2D eigenvalue weighted by molar-refractivity contribution is 7.92. The van der Waals surface area contributed by atoms with Crippen LogP contribution in [-0.2, 0) is 14.8 Å². The summed E-state index contributed by atoms with van der Waals surface area (Å²) in [5.41, 5.74) is 0.657. The minimum Gasteiger partial charge on any atom is -0.497 e. The van der Waals surface area contributed by atoms with Gasteiger partial charge in [-0.1, -0.05) is 29.8 Å². The lowest BCUT2D eigenvalue weighted by Crippen LogP contribution is -2.38. The van der Waals surface area contributed by atoms with Gasteiger partial charge in [0.15, 0.2) is 0 Å². The molecule has 0 bridgehead atoms. The Morgan fingerprint density at radius 1 is 0.968 bits per heavy atom. The van der Waals surface area contributed by atoms with E-state index in [1.165, 1.54) is 32.4 Å². The van der Waals surface area contributed by atoms with Gasteiger partial charge in [-0.05, 0) is 54.6 Å². The number of hydrogen-bond donors (Lipinski definition) is 1. The molecule has 0 aliphatic heterocycles. The second-order valence-corrected chi connectivity index (χ2v) is 8.71. The first kappa shape index (κ1) is 22.5. The van der Waals surface area contributed by atoms with Gasteiger partial charge in [0.1, 0.15) is 18.0 Å². The smallest absolute Gasteiger partial charge is 0.264 e. The first-order chi connectivity index (χ1) is 14.8. The predicted molar refractivity (Wildman–Crippen MR) is 121 cm³/mol. The lowest BCUT2D eigenvalue weighted by molar-refractivity contribution is -0.114. The number of ether oxygens (including phenoxy) is 2. The number of halogens is 1. The van der Waals surface area contributed by atoms with Crippen molar-refractivity contribution in [1.29, 1.82) is 0 Å². The number of rotatable bonds is 8. The van der Waals surface area contributed by atoms with Crippen molar-refractivity contribution in [3.8, 4) is 11.5 Å². The van der Waals surface area contributed by atoms with Crippen molar-refractivity contribution in [3.05, 3.63) is 77.8 Å². The number of nitrogens with zero attached hydrogens (tertiary/aromatic N) is 1. The summed E-state index contributed by atoms with van der Waals surface area (Å²) in [6, 6.07) is 19.1. The molecule has 9 heteroatoms. The maximum Gasteiger partial charge on any atom is 0.264 e. The lowest BCUT2D eigenvalue weighted by Gasteiger charge is -2.24. The molecule has 0 radical (unpaired) electrons. The van der Waals surface area contributed by atoms with E-state index in [1.807, 2.05) is 0 Å². The van der Waals surface area contributed by atoms with Gasteiger partial charge < -0.3 is 14.8 Å². The Morgan fingerprint density at radius 3 is 2.26 bits per heavy atom. The summed E-state index contributed by atoms with van der Waals surface area (Å²) >= 11 is 6.02. The van der Waals surface area contributed by atoms with E-state index < -0.39 is 22.5 Å². The maximum absolute atomic E-state index is 13.3. The SMILES string of the molecule is COc1ccc(N(CC(=O)Nc2cc(Cl)ccc2OC)S(=O)(=O)c2ccccc2)cc1. The summed E-state index contributed by atoms with van der Waals surface area (Å²) in [7, 11) is -1.04. The van der Waals surface area contributed by atoms with Crippen molar-refractivity contribution < 1.29 is 22.7 Å². The van der Waals surface area contributed by atoms with Crippen molar-refractivity contribution in [2.24, 2.45) is 0 Å². The minimum atomic E-state index is -4.01. The van der Waals surface area contributed by atoms with Crippen LogP contribution in [0.5, 0.6) is 11.5 Å². The molecular formula is C22H21ClN2O5S. The Hall–Kier alpha value is -3.23. The molecule has 31 heavy (non-hydrogen) atoms. The Bertz CT molecular complexity index is 1150. The molecule has 0 aliphatic carbocycles. The van der Waals surface area contributed by atoms with Crippen molar-refractivity contribution in [1.82, 2.24) is 0 Å². The van der Waals surface area contributed by atoms with Crippen LogP contribution in [0.4, 0.5) is 11.4 Å². The fraction of sp³-hybridized carbons (Fsp3) is 0.136. The van der Waals surface area contributed by atoms with Gasteiger partial charge in [-0.3, -0.25) is 9.10 Å². The van der Waals surface area contributed by atoms with E-state index in [0.717, 1.165) is 4.31 Å². The third-order valence-corrected chi connectivity index (χ3v) is 6.44.